The van der Waals surface area contributed by atoms with Gasteiger partial charge in [-0.15, -0.1) is 0 Å². The Balaban J connectivity index is 1.40. The maximum atomic E-state index is 12.9. The molecule has 132 valence electrons. The minimum Gasteiger partial charge on any atom is -0.504 e. The number of nitrogens with one attached hydrogen (secondary N) is 2. The van der Waals surface area contributed by atoms with Crippen LogP contribution in [0.5, 0.6) is 11.5 Å². The molecule has 0 atom stereocenters. The molecule has 5 rings (SSSR count). The van der Waals surface area contributed by atoms with E-state index in [4.69, 9.17) is 0 Å². The van der Waals surface area contributed by atoms with Crippen molar-refractivity contribution >= 4 is 22.5 Å². The largest absolute Gasteiger partial charge is 0.504 e. The molecule has 1 aromatic heterocycles. The maximum absolute atomic E-state index is 12.9. The molecule has 1 heterocycles. The molecule has 3 aromatic rings. The van der Waals surface area contributed by atoms with E-state index in [1.54, 1.807) is 6.07 Å². The predicted molar refractivity (Wildman–Crippen MR) is 99.6 cm³/mol. The number of aromatic nitrogens is 1. The number of amides is 1. The number of carbonyl (C=O) groups excluding carboxylic acids is 1. The summed E-state index contributed by atoms with van der Waals surface area (Å²) in [5, 5.41) is 23.4. The SMILES string of the molecule is O=C(Nc1ccc2[nH]c(C3CC3)cc2c1)C1(c2ccc(O)c(O)c2)CC1. The Bertz CT molecular complexity index is 1030. The number of hydrogen-bond acceptors (Lipinski definition) is 3. The van der Waals surface area contributed by atoms with Crippen molar-refractivity contribution in [2.24, 2.45) is 0 Å². The van der Waals surface area contributed by atoms with Crippen molar-refractivity contribution in [3.8, 4) is 11.5 Å². The Morgan fingerprint density at radius 2 is 1.85 bits per heavy atom. The first kappa shape index (κ1) is 15.3. The number of rotatable bonds is 4. The molecule has 2 aromatic carbocycles. The number of hydrogen-bond donors (Lipinski definition) is 4. The molecule has 0 radical (unpaired) electrons. The van der Waals surface area contributed by atoms with Crippen molar-refractivity contribution < 1.29 is 15.0 Å². The van der Waals surface area contributed by atoms with E-state index in [0.717, 1.165) is 35.0 Å². The molecule has 4 N–H and O–H groups in total. The first-order valence-electron chi connectivity index (χ1n) is 9.02. The molecular weight excluding hydrogens is 328 g/mol. The number of aromatic amines is 1. The van der Waals surface area contributed by atoms with Crippen LogP contribution in [-0.2, 0) is 10.2 Å². The van der Waals surface area contributed by atoms with Crippen LogP contribution < -0.4 is 5.32 Å². The molecule has 0 saturated heterocycles. The number of aromatic hydroxyl groups is 2. The van der Waals surface area contributed by atoms with Crippen molar-refractivity contribution in [3.63, 3.8) is 0 Å². The highest BCUT2D eigenvalue weighted by molar-refractivity contribution is 6.02. The zero-order valence-electron chi connectivity index (χ0n) is 14.2. The average molecular weight is 348 g/mol. The first-order chi connectivity index (χ1) is 12.5. The van der Waals surface area contributed by atoms with Gasteiger partial charge in [0.05, 0.1) is 5.41 Å². The number of anilines is 1. The van der Waals surface area contributed by atoms with Crippen molar-refractivity contribution in [2.75, 3.05) is 5.32 Å². The molecule has 0 bridgehead atoms. The van der Waals surface area contributed by atoms with Gasteiger partial charge in [0.2, 0.25) is 5.91 Å². The molecule has 0 unspecified atom stereocenters. The van der Waals surface area contributed by atoms with Crippen molar-refractivity contribution in [3.05, 3.63) is 53.7 Å². The van der Waals surface area contributed by atoms with Gasteiger partial charge in [-0.05, 0) is 73.6 Å². The fourth-order valence-corrected chi connectivity index (χ4v) is 3.69. The van der Waals surface area contributed by atoms with Gasteiger partial charge >= 0.3 is 0 Å². The van der Waals surface area contributed by atoms with Crippen LogP contribution in [-0.4, -0.2) is 21.1 Å². The molecule has 26 heavy (non-hydrogen) atoms. The van der Waals surface area contributed by atoms with Gasteiger partial charge in [0.15, 0.2) is 11.5 Å². The quantitative estimate of drug-likeness (QED) is 0.535. The topological polar surface area (TPSA) is 85.4 Å². The smallest absolute Gasteiger partial charge is 0.235 e. The summed E-state index contributed by atoms with van der Waals surface area (Å²) in [6.07, 6.45) is 3.97. The molecule has 0 spiro atoms. The lowest BCUT2D eigenvalue weighted by Crippen LogP contribution is -2.27. The number of phenols is 2. The Kier molecular flexibility index (Phi) is 3.11. The van der Waals surface area contributed by atoms with Gasteiger partial charge in [0.1, 0.15) is 0 Å². The first-order valence-corrected chi connectivity index (χ1v) is 9.02. The van der Waals surface area contributed by atoms with E-state index in [-0.39, 0.29) is 17.4 Å². The average Bonchev–Trinajstić information content (AvgIpc) is 3.54. The third-order valence-electron chi connectivity index (χ3n) is 5.63. The lowest BCUT2D eigenvalue weighted by molar-refractivity contribution is -0.118. The fourth-order valence-electron chi connectivity index (χ4n) is 3.69. The van der Waals surface area contributed by atoms with E-state index >= 15 is 0 Å². The van der Waals surface area contributed by atoms with E-state index in [0.29, 0.717) is 5.92 Å². The predicted octanol–water partition coefficient (Wildman–Crippen LogP) is 4.13. The summed E-state index contributed by atoms with van der Waals surface area (Å²) < 4.78 is 0. The lowest BCUT2D eigenvalue weighted by atomic mass is 9.94. The molecule has 0 aliphatic heterocycles. The highest BCUT2D eigenvalue weighted by Gasteiger charge is 2.51. The van der Waals surface area contributed by atoms with Crippen LogP contribution in [0, 0.1) is 0 Å². The highest BCUT2D eigenvalue weighted by Crippen LogP contribution is 2.50. The van der Waals surface area contributed by atoms with E-state index in [1.165, 1.54) is 30.7 Å². The standard InChI is InChI=1S/C21H20N2O3/c24-18-6-3-14(11-19(18)25)21(7-8-21)20(26)22-15-4-5-16-13(9-15)10-17(23-16)12-1-2-12/h3-6,9-12,23-25H,1-2,7-8H2,(H,22,26). The number of phenolic OH excluding ortho intramolecular Hbond substituents is 2. The third-order valence-corrected chi connectivity index (χ3v) is 5.63. The summed E-state index contributed by atoms with van der Waals surface area (Å²) in [5.41, 5.74) is 3.27. The molecule has 1 amide bonds. The van der Waals surface area contributed by atoms with E-state index < -0.39 is 5.41 Å². The molecule has 5 heteroatoms. The normalized spacial score (nSPS) is 18.0. The molecule has 2 aliphatic rings. The van der Waals surface area contributed by atoms with Gasteiger partial charge in [-0.1, -0.05) is 6.07 Å². The van der Waals surface area contributed by atoms with Crippen LogP contribution in [0.1, 0.15) is 42.9 Å². The van der Waals surface area contributed by atoms with Crippen LogP contribution in [0.2, 0.25) is 0 Å². The number of H-pyrrole nitrogens is 1. The minimum atomic E-state index is -0.614. The van der Waals surface area contributed by atoms with E-state index in [9.17, 15) is 15.0 Å². The third kappa shape index (κ3) is 2.43. The van der Waals surface area contributed by atoms with Crippen LogP contribution in [0.4, 0.5) is 5.69 Å². The van der Waals surface area contributed by atoms with E-state index in [2.05, 4.69) is 16.4 Å². The molecular formula is C21H20N2O3. The molecule has 2 saturated carbocycles. The molecule has 5 nitrogen and oxygen atoms in total. The fraction of sp³-hybridized carbons (Fsp3) is 0.286. The highest BCUT2D eigenvalue weighted by atomic mass is 16.3. The minimum absolute atomic E-state index is 0.0695. The maximum Gasteiger partial charge on any atom is 0.235 e. The second-order valence-electron chi connectivity index (χ2n) is 7.54. The van der Waals surface area contributed by atoms with Crippen LogP contribution in [0.3, 0.4) is 0 Å². The van der Waals surface area contributed by atoms with Crippen LogP contribution >= 0.6 is 0 Å². The van der Waals surface area contributed by atoms with Crippen molar-refractivity contribution in [2.45, 2.75) is 37.0 Å². The van der Waals surface area contributed by atoms with Gasteiger partial charge in [-0.3, -0.25) is 4.79 Å². The van der Waals surface area contributed by atoms with Crippen molar-refractivity contribution in [1.29, 1.82) is 0 Å². The summed E-state index contributed by atoms with van der Waals surface area (Å²) in [5.74, 6) is 0.231. The monoisotopic (exact) mass is 348 g/mol. The number of carbonyl (C=O) groups is 1. The zero-order valence-corrected chi connectivity index (χ0v) is 14.2. The number of fused-ring (bicyclic) bond motifs is 1. The second-order valence-corrected chi connectivity index (χ2v) is 7.54. The number of benzene rings is 2. The summed E-state index contributed by atoms with van der Waals surface area (Å²) in [7, 11) is 0. The summed E-state index contributed by atoms with van der Waals surface area (Å²) in [6.45, 7) is 0. The Labute approximate surface area is 150 Å². The summed E-state index contributed by atoms with van der Waals surface area (Å²) in [4.78, 5) is 16.3. The Hall–Kier alpha value is -2.95. The van der Waals surface area contributed by atoms with Gasteiger partial charge in [0.25, 0.3) is 0 Å². The molecule has 2 fully saturated rings. The van der Waals surface area contributed by atoms with Gasteiger partial charge in [-0.25, -0.2) is 0 Å². The van der Waals surface area contributed by atoms with Crippen LogP contribution in [0.25, 0.3) is 10.9 Å². The zero-order chi connectivity index (χ0) is 17.9. The van der Waals surface area contributed by atoms with Gasteiger partial charge in [-0.2, -0.15) is 0 Å². The second kappa shape index (κ2) is 5.27. The van der Waals surface area contributed by atoms with Gasteiger partial charge < -0.3 is 20.5 Å². The van der Waals surface area contributed by atoms with E-state index in [1.807, 2.05) is 18.2 Å². The molecule has 2 aliphatic carbocycles. The lowest BCUT2D eigenvalue weighted by Gasteiger charge is -2.16. The Morgan fingerprint density at radius 1 is 1.04 bits per heavy atom. The van der Waals surface area contributed by atoms with Crippen molar-refractivity contribution in [1.82, 2.24) is 4.98 Å². The summed E-state index contributed by atoms with van der Waals surface area (Å²) in [6, 6.07) is 12.7. The van der Waals surface area contributed by atoms with Crippen LogP contribution in [0.15, 0.2) is 42.5 Å². The Morgan fingerprint density at radius 3 is 2.54 bits per heavy atom. The summed E-state index contributed by atoms with van der Waals surface area (Å²) >= 11 is 0. The van der Waals surface area contributed by atoms with Gasteiger partial charge in [0, 0.05) is 22.3 Å².